The molecule has 1 aromatic carbocycles. The van der Waals surface area contributed by atoms with E-state index >= 15 is 0 Å². The van der Waals surface area contributed by atoms with Crippen molar-refractivity contribution in [3.8, 4) is 0 Å². The lowest BCUT2D eigenvalue weighted by atomic mass is 10.1. The van der Waals surface area contributed by atoms with Crippen LogP contribution in [0.25, 0.3) is 10.9 Å². The SMILES string of the molecule is Cc1[nH]c2ccc(CN3CCNCC3)cc2c1C. The molecule has 3 rings (SSSR count). The lowest BCUT2D eigenvalue weighted by Gasteiger charge is -2.27. The number of hydrogen-bond donors (Lipinski definition) is 2. The first-order valence-corrected chi connectivity index (χ1v) is 6.75. The van der Waals surface area contributed by atoms with Crippen molar-refractivity contribution in [2.24, 2.45) is 0 Å². The quantitative estimate of drug-likeness (QED) is 0.847. The fourth-order valence-corrected chi connectivity index (χ4v) is 2.73. The Morgan fingerprint density at radius 2 is 1.94 bits per heavy atom. The highest BCUT2D eigenvalue weighted by atomic mass is 15.2. The van der Waals surface area contributed by atoms with Gasteiger partial charge < -0.3 is 10.3 Å². The minimum absolute atomic E-state index is 1.07. The molecule has 96 valence electrons. The molecule has 0 atom stereocenters. The summed E-state index contributed by atoms with van der Waals surface area (Å²) in [5.41, 5.74) is 5.34. The van der Waals surface area contributed by atoms with Crippen molar-refractivity contribution in [3.63, 3.8) is 0 Å². The molecule has 1 aliphatic rings. The number of H-pyrrole nitrogens is 1. The average Bonchev–Trinajstić information content (AvgIpc) is 2.67. The number of rotatable bonds is 2. The van der Waals surface area contributed by atoms with Crippen LogP contribution >= 0.6 is 0 Å². The molecule has 2 aromatic rings. The predicted octanol–water partition coefficient (Wildman–Crippen LogP) is 2.19. The fraction of sp³-hybridized carbons (Fsp3) is 0.467. The maximum atomic E-state index is 3.43. The second kappa shape index (κ2) is 4.75. The summed E-state index contributed by atoms with van der Waals surface area (Å²) >= 11 is 0. The van der Waals surface area contributed by atoms with E-state index in [1.54, 1.807) is 0 Å². The number of nitrogens with one attached hydrogen (secondary N) is 2. The lowest BCUT2D eigenvalue weighted by molar-refractivity contribution is 0.233. The molecular formula is C15H21N3. The van der Waals surface area contributed by atoms with Gasteiger partial charge in [-0.15, -0.1) is 0 Å². The van der Waals surface area contributed by atoms with Crippen LogP contribution in [0.4, 0.5) is 0 Å². The van der Waals surface area contributed by atoms with Gasteiger partial charge >= 0.3 is 0 Å². The summed E-state index contributed by atoms with van der Waals surface area (Å²) < 4.78 is 0. The van der Waals surface area contributed by atoms with Gasteiger partial charge in [0, 0.05) is 49.3 Å². The number of aryl methyl sites for hydroxylation is 2. The molecule has 1 saturated heterocycles. The van der Waals surface area contributed by atoms with E-state index < -0.39 is 0 Å². The first-order chi connectivity index (χ1) is 8.74. The zero-order chi connectivity index (χ0) is 12.5. The number of hydrogen-bond acceptors (Lipinski definition) is 2. The molecule has 0 saturated carbocycles. The van der Waals surface area contributed by atoms with Crippen molar-refractivity contribution in [2.45, 2.75) is 20.4 Å². The molecule has 2 N–H and O–H groups in total. The van der Waals surface area contributed by atoms with Crippen LogP contribution in [0.15, 0.2) is 18.2 Å². The molecule has 0 unspecified atom stereocenters. The third-order valence-corrected chi connectivity index (χ3v) is 3.99. The van der Waals surface area contributed by atoms with Gasteiger partial charge in [0.2, 0.25) is 0 Å². The summed E-state index contributed by atoms with van der Waals surface area (Å²) in [7, 11) is 0. The van der Waals surface area contributed by atoms with Gasteiger partial charge in [0.1, 0.15) is 0 Å². The maximum Gasteiger partial charge on any atom is 0.0458 e. The van der Waals surface area contributed by atoms with E-state index in [-0.39, 0.29) is 0 Å². The van der Waals surface area contributed by atoms with E-state index in [1.807, 2.05) is 0 Å². The van der Waals surface area contributed by atoms with E-state index in [4.69, 9.17) is 0 Å². The second-order valence-electron chi connectivity index (χ2n) is 5.28. The fourth-order valence-electron chi connectivity index (χ4n) is 2.73. The van der Waals surface area contributed by atoms with Crippen LogP contribution in [0.3, 0.4) is 0 Å². The van der Waals surface area contributed by atoms with E-state index in [2.05, 4.69) is 47.2 Å². The van der Waals surface area contributed by atoms with Crippen LogP contribution in [0.2, 0.25) is 0 Å². The van der Waals surface area contributed by atoms with Gasteiger partial charge in [0.05, 0.1) is 0 Å². The molecule has 3 heteroatoms. The first-order valence-electron chi connectivity index (χ1n) is 6.75. The normalized spacial score (nSPS) is 17.4. The molecular weight excluding hydrogens is 222 g/mol. The summed E-state index contributed by atoms with van der Waals surface area (Å²) in [6, 6.07) is 6.81. The van der Waals surface area contributed by atoms with E-state index in [1.165, 1.54) is 27.7 Å². The molecule has 3 nitrogen and oxygen atoms in total. The van der Waals surface area contributed by atoms with Crippen molar-refractivity contribution in [2.75, 3.05) is 26.2 Å². The third-order valence-electron chi connectivity index (χ3n) is 3.99. The Morgan fingerprint density at radius 1 is 1.17 bits per heavy atom. The van der Waals surface area contributed by atoms with Crippen molar-refractivity contribution >= 4 is 10.9 Å². The Labute approximate surface area is 108 Å². The third kappa shape index (κ3) is 2.16. The van der Waals surface area contributed by atoms with Gasteiger partial charge in [-0.3, -0.25) is 4.90 Å². The summed E-state index contributed by atoms with van der Waals surface area (Å²) in [5, 5.41) is 4.77. The first kappa shape index (κ1) is 11.8. The van der Waals surface area contributed by atoms with E-state index in [9.17, 15) is 0 Å². The maximum absolute atomic E-state index is 3.43. The number of benzene rings is 1. The molecule has 2 heterocycles. The van der Waals surface area contributed by atoms with Gasteiger partial charge in [0.15, 0.2) is 0 Å². The van der Waals surface area contributed by atoms with Crippen LogP contribution in [0.1, 0.15) is 16.8 Å². The van der Waals surface area contributed by atoms with Gasteiger partial charge in [-0.25, -0.2) is 0 Å². The number of aromatic nitrogens is 1. The Morgan fingerprint density at radius 3 is 2.72 bits per heavy atom. The van der Waals surface area contributed by atoms with Crippen LogP contribution in [-0.4, -0.2) is 36.1 Å². The number of piperazine rings is 1. The molecule has 1 aliphatic heterocycles. The Hall–Kier alpha value is -1.32. The van der Waals surface area contributed by atoms with Crippen molar-refractivity contribution in [1.82, 2.24) is 15.2 Å². The standard InChI is InChI=1S/C15H21N3/c1-11-12(2)17-15-4-3-13(9-14(11)15)10-18-7-5-16-6-8-18/h3-4,9,16-17H,5-8,10H2,1-2H3. The smallest absolute Gasteiger partial charge is 0.0458 e. The van der Waals surface area contributed by atoms with Gasteiger partial charge in [-0.1, -0.05) is 6.07 Å². The highest BCUT2D eigenvalue weighted by Gasteiger charge is 2.11. The average molecular weight is 243 g/mol. The monoisotopic (exact) mass is 243 g/mol. The number of aromatic amines is 1. The van der Waals surface area contributed by atoms with Gasteiger partial charge in [-0.2, -0.15) is 0 Å². The van der Waals surface area contributed by atoms with E-state index in [0.717, 1.165) is 32.7 Å². The lowest BCUT2D eigenvalue weighted by Crippen LogP contribution is -2.42. The van der Waals surface area contributed by atoms with Crippen molar-refractivity contribution in [3.05, 3.63) is 35.0 Å². The predicted molar refractivity (Wildman–Crippen MR) is 75.9 cm³/mol. The second-order valence-corrected chi connectivity index (χ2v) is 5.28. The molecule has 1 fully saturated rings. The topological polar surface area (TPSA) is 31.1 Å². The van der Waals surface area contributed by atoms with Crippen LogP contribution in [0.5, 0.6) is 0 Å². The molecule has 0 radical (unpaired) electrons. The highest BCUT2D eigenvalue weighted by Crippen LogP contribution is 2.23. The minimum atomic E-state index is 1.07. The molecule has 18 heavy (non-hydrogen) atoms. The summed E-state index contributed by atoms with van der Waals surface area (Å²) in [4.78, 5) is 5.95. The Bertz CT molecular complexity index is 550. The molecule has 0 aliphatic carbocycles. The van der Waals surface area contributed by atoms with Crippen LogP contribution in [0, 0.1) is 13.8 Å². The zero-order valence-electron chi connectivity index (χ0n) is 11.2. The minimum Gasteiger partial charge on any atom is -0.358 e. The Balaban J connectivity index is 1.85. The van der Waals surface area contributed by atoms with Gasteiger partial charge in [0.25, 0.3) is 0 Å². The van der Waals surface area contributed by atoms with E-state index in [0.29, 0.717) is 0 Å². The zero-order valence-corrected chi connectivity index (χ0v) is 11.2. The number of nitrogens with zero attached hydrogens (tertiary/aromatic N) is 1. The van der Waals surface area contributed by atoms with Gasteiger partial charge in [-0.05, 0) is 37.1 Å². The van der Waals surface area contributed by atoms with Crippen LogP contribution in [-0.2, 0) is 6.54 Å². The largest absolute Gasteiger partial charge is 0.358 e. The molecule has 0 amide bonds. The Kier molecular flexibility index (Phi) is 3.10. The molecule has 0 spiro atoms. The van der Waals surface area contributed by atoms with Crippen molar-refractivity contribution in [1.29, 1.82) is 0 Å². The van der Waals surface area contributed by atoms with Crippen LogP contribution < -0.4 is 5.32 Å². The summed E-state index contributed by atoms with van der Waals surface area (Å²) in [6.45, 7) is 9.96. The number of fused-ring (bicyclic) bond motifs is 1. The molecule has 1 aromatic heterocycles. The van der Waals surface area contributed by atoms with Crippen molar-refractivity contribution < 1.29 is 0 Å². The molecule has 0 bridgehead atoms. The summed E-state index contributed by atoms with van der Waals surface area (Å²) in [5.74, 6) is 0. The summed E-state index contributed by atoms with van der Waals surface area (Å²) in [6.07, 6.45) is 0. The highest BCUT2D eigenvalue weighted by molar-refractivity contribution is 5.84.